The molecule has 0 aliphatic heterocycles. The van der Waals surface area contributed by atoms with E-state index in [1.165, 1.54) is 0 Å². The summed E-state index contributed by atoms with van der Waals surface area (Å²) < 4.78 is 0.620. The second-order valence-electron chi connectivity index (χ2n) is 6.38. The summed E-state index contributed by atoms with van der Waals surface area (Å²) in [6, 6.07) is 17.7. The lowest BCUT2D eigenvalue weighted by atomic mass is 9.96. The Hall–Kier alpha value is -2.79. The van der Waals surface area contributed by atoms with E-state index in [-0.39, 0.29) is 11.3 Å². The van der Waals surface area contributed by atoms with Crippen LogP contribution in [0.1, 0.15) is 16.7 Å². The molecular formula is C21H17BrN2O2. The number of phenols is 1. The van der Waals surface area contributed by atoms with Gasteiger partial charge in [-0.2, -0.15) is 0 Å². The fourth-order valence-electron chi connectivity index (χ4n) is 3.25. The van der Waals surface area contributed by atoms with Gasteiger partial charge in [0, 0.05) is 17.5 Å². The summed E-state index contributed by atoms with van der Waals surface area (Å²) in [6.07, 6.45) is 0.327. The molecule has 1 heterocycles. The monoisotopic (exact) mass is 408 g/mol. The number of hydrogen-bond donors (Lipinski definition) is 3. The van der Waals surface area contributed by atoms with Crippen LogP contribution < -0.4 is 5.56 Å². The molecule has 0 aliphatic carbocycles. The SMILES string of the molecule is Cc1ccc(-c2[nH][nH]c(=O)c2Cc2c(O)c(Br)cc3ccccc23)cc1. The Morgan fingerprint density at radius 3 is 2.50 bits per heavy atom. The van der Waals surface area contributed by atoms with Crippen LogP contribution in [-0.4, -0.2) is 15.3 Å². The number of benzene rings is 3. The van der Waals surface area contributed by atoms with Crippen molar-refractivity contribution in [1.82, 2.24) is 10.2 Å². The van der Waals surface area contributed by atoms with E-state index in [1.807, 2.05) is 61.5 Å². The molecule has 26 heavy (non-hydrogen) atoms. The molecule has 0 aliphatic rings. The quantitative estimate of drug-likeness (QED) is 0.451. The Balaban J connectivity index is 1.88. The summed E-state index contributed by atoms with van der Waals surface area (Å²) in [5.74, 6) is 0.166. The third kappa shape index (κ3) is 2.84. The number of hydrogen-bond acceptors (Lipinski definition) is 2. The van der Waals surface area contributed by atoms with Gasteiger partial charge in [0.15, 0.2) is 0 Å². The summed E-state index contributed by atoms with van der Waals surface area (Å²) in [5, 5.41) is 18.2. The predicted octanol–water partition coefficient (Wildman–Crippen LogP) is 4.89. The van der Waals surface area contributed by atoms with E-state index in [0.717, 1.165) is 33.2 Å². The van der Waals surface area contributed by atoms with E-state index in [9.17, 15) is 9.90 Å². The van der Waals surface area contributed by atoms with Gasteiger partial charge in [-0.05, 0) is 45.3 Å². The Bertz CT molecular complexity index is 1160. The fraction of sp³-hybridized carbons (Fsp3) is 0.0952. The lowest BCUT2D eigenvalue weighted by molar-refractivity contribution is 0.467. The molecule has 1 aromatic heterocycles. The van der Waals surface area contributed by atoms with Crippen molar-refractivity contribution in [1.29, 1.82) is 0 Å². The number of aryl methyl sites for hydroxylation is 1. The zero-order valence-electron chi connectivity index (χ0n) is 14.1. The van der Waals surface area contributed by atoms with E-state index >= 15 is 0 Å². The smallest absolute Gasteiger partial charge is 0.268 e. The van der Waals surface area contributed by atoms with Gasteiger partial charge in [-0.1, -0.05) is 54.1 Å². The van der Waals surface area contributed by atoms with Gasteiger partial charge in [-0.3, -0.25) is 15.0 Å². The van der Waals surface area contributed by atoms with Crippen molar-refractivity contribution in [3.05, 3.63) is 86.1 Å². The van der Waals surface area contributed by atoms with Gasteiger partial charge < -0.3 is 5.11 Å². The number of H-pyrrole nitrogens is 2. The third-order valence-electron chi connectivity index (χ3n) is 4.65. The third-order valence-corrected chi connectivity index (χ3v) is 5.26. The topological polar surface area (TPSA) is 68.9 Å². The first-order chi connectivity index (χ1) is 12.5. The number of aromatic hydroxyl groups is 1. The Morgan fingerprint density at radius 1 is 1.00 bits per heavy atom. The number of aromatic nitrogens is 2. The standard InChI is InChI=1S/C21H17BrN2O2/c1-12-6-8-13(9-7-12)19-17(21(26)24-23-19)11-16-15-5-3-2-4-14(15)10-18(22)20(16)25/h2-10,25H,11H2,1H3,(H2,23,24,26). The highest BCUT2D eigenvalue weighted by Gasteiger charge is 2.18. The zero-order valence-corrected chi connectivity index (χ0v) is 15.7. The van der Waals surface area contributed by atoms with Crippen LogP contribution in [0, 0.1) is 6.92 Å². The van der Waals surface area contributed by atoms with Gasteiger partial charge in [0.2, 0.25) is 0 Å². The summed E-state index contributed by atoms with van der Waals surface area (Å²) in [4.78, 5) is 12.4. The summed E-state index contributed by atoms with van der Waals surface area (Å²) in [5.41, 5.74) is 4.00. The molecule has 130 valence electrons. The van der Waals surface area contributed by atoms with Crippen LogP contribution in [0.2, 0.25) is 0 Å². The predicted molar refractivity (Wildman–Crippen MR) is 108 cm³/mol. The highest BCUT2D eigenvalue weighted by atomic mass is 79.9. The number of nitrogens with one attached hydrogen (secondary N) is 2. The molecule has 0 saturated carbocycles. The maximum atomic E-state index is 12.4. The summed E-state index contributed by atoms with van der Waals surface area (Å²) in [6.45, 7) is 2.02. The second kappa shape index (κ2) is 6.50. The molecule has 0 amide bonds. The molecule has 3 aromatic carbocycles. The number of aromatic amines is 2. The maximum Gasteiger partial charge on any atom is 0.268 e. The molecular weight excluding hydrogens is 392 g/mol. The molecule has 0 unspecified atom stereocenters. The Labute approximate surface area is 158 Å². The molecule has 5 heteroatoms. The van der Waals surface area contributed by atoms with Crippen LogP contribution in [-0.2, 0) is 6.42 Å². The molecule has 0 fully saturated rings. The molecule has 3 N–H and O–H groups in total. The van der Waals surface area contributed by atoms with E-state index in [1.54, 1.807) is 0 Å². The molecule has 0 atom stereocenters. The normalized spacial score (nSPS) is 11.2. The average Bonchev–Trinajstić information content (AvgIpc) is 3.00. The van der Waals surface area contributed by atoms with Crippen molar-refractivity contribution in [2.45, 2.75) is 13.3 Å². The first kappa shape index (κ1) is 16.7. The highest BCUT2D eigenvalue weighted by molar-refractivity contribution is 9.10. The molecule has 0 bridgehead atoms. The Morgan fingerprint density at radius 2 is 1.73 bits per heavy atom. The van der Waals surface area contributed by atoms with Gasteiger partial charge in [0.25, 0.3) is 5.56 Å². The zero-order chi connectivity index (χ0) is 18.3. The van der Waals surface area contributed by atoms with Crippen LogP contribution in [0.4, 0.5) is 0 Å². The van der Waals surface area contributed by atoms with Crippen LogP contribution in [0.15, 0.2) is 63.9 Å². The van der Waals surface area contributed by atoms with Crippen molar-refractivity contribution in [2.75, 3.05) is 0 Å². The highest BCUT2D eigenvalue weighted by Crippen LogP contribution is 2.36. The number of phenolic OH excluding ortho intramolecular Hbond substituents is 1. The average molecular weight is 409 g/mol. The van der Waals surface area contributed by atoms with E-state index in [2.05, 4.69) is 26.1 Å². The van der Waals surface area contributed by atoms with Crippen LogP contribution >= 0.6 is 15.9 Å². The number of rotatable bonds is 3. The minimum absolute atomic E-state index is 0.166. The molecule has 0 saturated heterocycles. The van der Waals surface area contributed by atoms with Crippen molar-refractivity contribution in [2.24, 2.45) is 0 Å². The number of halogens is 1. The minimum Gasteiger partial charge on any atom is -0.506 e. The van der Waals surface area contributed by atoms with Gasteiger partial charge in [0.1, 0.15) is 5.75 Å². The minimum atomic E-state index is -0.177. The lowest BCUT2D eigenvalue weighted by Gasteiger charge is -2.11. The Kier molecular flexibility index (Phi) is 4.17. The maximum absolute atomic E-state index is 12.4. The van der Waals surface area contributed by atoms with Gasteiger partial charge in [0.05, 0.1) is 10.2 Å². The van der Waals surface area contributed by atoms with Gasteiger partial charge in [-0.15, -0.1) is 0 Å². The van der Waals surface area contributed by atoms with E-state index < -0.39 is 0 Å². The lowest BCUT2D eigenvalue weighted by Crippen LogP contribution is -2.07. The van der Waals surface area contributed by atoms with Crippen LogP contribution in [0.5, 0.6) is 5.75 Å². The van der Waals surface area contributed by atoms with E-state index in [0.29, 0.717) is 16.5 Å². The van der Waals surface area contributed by atoms with Crippen molar-refractivity contribution < 1.29 is 5.11 Å². The largest absolute Gasteiger partial charge is 0.506 e. The molecule has 0 radical (unpaired) electrons. The molecule has 0 spiro atoms. The second-order valence-corrected chi connectivity index (χ2v) is 7.24. The first-order valence-corrected chi connectivity index (χ1v) is 9.09. The summed E-state index contributed by atoms with van der Waals surface area (Å²) >= 11 is 3.42. The first-order valence-electron chi connectivity index (χ1n) is 8.30. The van der Waals surface area contributed by atoms with Crippen molar-refractivity contribution >= 4 is 26.7 Å². The summed E-state index contributed by atoms with van der Waals surface area (Å²) in [7, 11) is 0. The number of fused-ring (bicyclic) bond motifs is 1. The van der Waals surface area contributed by atoms with E-state index in [4.69, 9.17) is 0 Å². The molecule has 4 rings (SSSR count). The molecule has 4 nitrogen and oxygen atoms in total. The van der Waals surface area contributed by atoms with Crippen molar-refractivity contribution in [3.63, 3.8) is 0 Å². The van der Waals surface area contributed by atoms with Gasteiger partial charge >= 0.3 is 0 Å². The molecule has 4 aromatic rings. The van der Waals surface area contributed by atoms with Crippen molar-refractivity contribution in [3.8, 4) is 17.0 Å². The fourth-order valence-corrected chi connectivity index (χ4v) is 3.73. The van der Waals surface area contributed by atoms with Gasteiger partial charge in [-0.25, -0.2) is 0 Å². The van der Waals surface area contributed by atoms with Crippen LogP contribution in [0.25, 0.3) is 22.0 Å². The van der Waals surface area contributed by atoms with Crippen LogP contribution in [0.3, 0.4) is 0 Å².